The monoisotopic (exact) mass is 277 g/mol. The molecule has 2 N–H and O–H groups in total. The largest absolute Gasteiger partial charge is 0.382 e. The molecule has 3 heteroatoms. The maximum absolute atomic E-state index is 6.49. The third-order valence-corrected chi connectivity index (χ3v) is 4.24. The number of benzene rings is 1. The molecule has 1 aliphatic rings. The molecule has 0 aromatic heterocycles. The van der Waals surface area contributed by atoms with Crippen LogP contribution in [-0.4, -0.2) is 26.9 Å². The summed E-state index contributed by atoms with van der Waals surface area (Å²) < 4.78 is 10.5. The van der Waals surface area contributed by atoms with Gasteiger partial charge in [-0.2, -0.15) is 0 Å². The fraction of sp³-hybridized carbons (Fsp3) is 0.647. The quantitative estimate of drug-likeness (QED) is 0.615. The number of hydrogen-bond acceptors (Lipinski definition) is 3. The van der Waals surface area contributed by atoms with Crippen LogP contribution < -0.4 is 5.73 Å². The van der Waals surface area contributed by atoms with Gasteiger partial charge in [0, 0.05) is 19.8 Å². The van der Waals surface area contributed by atoms with Gasteiger partial charge in [0.25, 0.3) is 0 Å². The molecule has 0 spiro atoms. The zero-order chi connectivity index (χ0) is 14.2. The number of aryl methyl sites for hydroxylation is 1. The van der Waals surface area contributed by atoms with Gasteiger partial charge >= 0.3 is 0 Å². The maximum atomic E-state index is 6.49. The Morgan fingerprint density at radius 2 is 2.05 bits per heavy atom. The summed E-state index contributed by atoms with van der Waals surface area (Å²) in [5, 5.41) is 0. The lowest BCUT2D eigenvalue weighted by Gasteiger charge is -2.23. The molecule has 0 bridgehead atoms. The average molecular weight is 277 g/mol. The van der Waals surface area contributed by atoms with E-state index in [9.17, 15) is 0 Å². The lowest BCUT2D eigenvalue weighted by atomic mass is 9.88. The molecule has 2 atom stereocenters. The Kier molecular flexibility index (Phi) is 6.51. The Hall–Kier alpha value is -0.900. The van der Waals surface area contributed by atoms with Gasteiger partial charge in [-0.15, -0.1) is 0 Å². The van der Waals surface area contributed by atoms with Crippen LogP contribution in [0.1, 0.15) is 42.9 Å². The van der Waals surface area contributed by atoms with E-state index in [1.807, 2.05) is 0 Å². The van der Waals surface area contributed by atoms with E-state index in [0.29, 0.717) is 19.1 Å². The molecule has 1 aromatic carbocycles. The smallest absolute Gasteiger partial charge is 0.0700 e. The number of rotatable bonds is 7. The highest BCUT2D eigenvalue weighted by Gasteiger charge is 2.23. The first-order valence-corrected chi connectivity index (χ1v) is 7.73. The second-order valence-electron chi connectivity index (χ2n) is 5.62. The molecule has 0 saturated carbocycles. The highest BCUT2D eigenvalue weighted by molar-refractivity contribution is 5.31. The summed E-state index contributed by atoms with van der Waals surface area (Å²) >= 11 is 0. The van der Waals surface area contributed by atoms with Crippen molar-refractivity contribution in [2.75, 3.05) is 26.9 Å². The zero-order valence-electron chi connectivity index (χ0n) is 12.5. The summed E-state index contributed by atoms with van der Waals surface area (Å²) in [7, 11) is 1.70. The molecule has 0 radical (unpaired) electrons. The molecule has 3 nitrogen and oxygen atoms in total. The molecule has 0 aliphatic heterocycles. The van der Waals surface area contributed by atoms with Crippen LogP contribution in [0, 0.1) is 5.92 Å². The predicted octanol–water partition coefficient (Wildman–Crippen LogP) is 3.08. The Bertz CT molecular complexity index is 394. The molecule has 0 fully saturated rings. The highest BCUT2D eigenvalue weighted by atomic mass is 16.5. The second kappa shape index (κ2) is 8.40. The number of hydrogen-bond donors (Lipinski definition) is 1. The summed E-state index contributed by atoms with van der Waals surface area (Å²) in [4.78, 5) is 0. The SMILES string of the molecule is COCCOCCCC1CCCc2ccccc2C1N. The van der Waals surface area contributed by atoms with E-state index >= 15 is 0 Å². The van der Waals surface area contributed by atoms with E-state index in [2.05, 4.69) is 24.3 Å². The van der Waals surface area contributed by atoms with Crippen LogP contribution >= 0.6 is 0 Å². The van der Waals surface area contributed by atoms with E-state index in [0.717, 1.165) is 19.4 Å². The Morgan fingerprint density at radius 1 is 1.20 bits per heavy atom. The molecule has 1 aromatic rings. The van der Waals surface area contributed by atoms with Crippen LogP contribution in [-0.2, 0) is 15.9 Å². The van der Waals surface area contributed by atoms with E-state index < -0.39 is 0 Å². The van der Waals surface area contributed by atoms with Gasteiger partial charge < -0.3 is 15.2 Å². The summed E-state index contributed by atoms with van der Waals surface area (Å²) in [5.74, 6) is 0.588. The minimum atomic E-state index is 0.188. The first-order valence-electron chi connectivity index (χ1n) is 7.73. The highest BCUT2D eigenvalue weighted by Crippen LogP contribution is 2.33. The topological polar surface area (TPSA) is 44.5 Å². The van der Waals surface area contributed by atoms with Crippen molar-refractivity contribution in [3.63, 3.8) is 0 Å². The molecular weight excluding hydrogens is 250 g/mol. The van der Waals surface area contributed by atoms with Gasteiger partial charge in [0.1, 0.15) is 0 Å². The van der Waals surface area contributed by atoms with E-state index in [4.69, 9.17) is 15.2 Å². The normalized spacial score (nSPS) is 22.3. The van der Waals surface area contributed by atoms with Crippen molar-refractivity contribution in [1.82, 2.24) is 0 Å². The third-order valence-electron chi connectivity index (χ3n) is 4.24. The minimum Gasteiger partial charge on any atom is -0.382 e. The average Bonchev–Trinajstić information content (AvgIpc) is 2.63. The molecule has 0 heterocycles. The lowest BCUT2D eigenvalue weighted by molar-refractivity contribution is 0.0665. The summed E-state index contributed by atoms with van der Waals surface area (Å²) in [6, 6.07) is 8.84. The summed E-state index contributed by atoms with van der Waals surface area (Å²) in [6.45, 7) is 2.18. The van der Waals surface area contributed by atoms with Crippen LogP contribution in [0.5, 0.6) is 0 Å². The number of ether oxygens (including phenoxy) is 2. The van der Waals surface area contributed by atoms with Gasteiger partial charge in [-0.3, -0.25) is 0 Å². The van der Waals surface area contributed by atoms with E-state index in [1.165, 1.54) is 30.4 Å². The molecule has 112 valence electrons. The zero-order valence-corrected chi connectivity index (χ0v) is 12.5. The first kappa shape index (κ1) is 15.5. The van der Waals surface area contributed by atoms with Crippen LogP contribution in [0.4, 0.5) is 0 Å². The summed E-state index contributed by atoms with van der Waals surface area (Å²) in [5.41, 5.74) is 9.29. The van der Waals surface area contributed by atoms with Gasteiger partial charge in [0.2, 0.25) is 0 Å². The van der Waals surface area contributed by atoms with Gasteiger partial charge in [0.05, 0.1) is 13.2 Å². The van der Waals surface area contributed by atoms with Crippen molar-refractivity contribution < 1.29 is 9.47 Å². The number of methoxy groups -OCH3 is 1. The van der Waals surface area contributed by atoms with Gasteiger partial charge in [-0.1, -0.05) is 24.3 Å². The fourth-order valence-electron chi connectivity index (χ4n) is 3.09. The Balaban J connectivity index is 1.80. The Morgan fingerprint density at radius 3 is 2.90 bits per heavy atom. The second-order valence-corrected chi connectivity index (χ2v) is 5.62. The van der Waals surface area contributed by atoms with Gasteiger partial charge in [-0.25, -0.2) is 0 Å². The van der Waals surface area contributed by atoms with E-state index in [1.54, 1.807) is 7.11 Å². The first-order chi connectivity index (χ1) is 9.83. The van der Waals surface area contributed by atoms with Crippen LogP contribution in [0.25, 0.3) is 0 Å². The van der Waals surface area contributed by atoms with Crippen molar-refractivity contribution in [2.45, 2.75) is 38.1 Å². The standard InChI is InChI=1S/C17H27NO2/c1-19-12-13-20-11-5-9-15-8-4-7-14-6-2-3-10-16(14)17(15)18/h2-3,6,10,15,17H,4-5,7-9,11-13,18H2,1H3. The Labute approximate surface area is 122 Å². The molecular formula is C17H27NO2. The molecule has 2 unspecified atom stereocenters. The van der Waals surface area contributed by atoms with Crippen molar-refractivity contribution in [3.8, 4) is 0 Å². The molecule has 20 heavy (non-hydrogen) atoms. The third kappa shape index (κ3) is 4.30. The number of fused-ring (bicyclic) bond motifs is 1. The molecule has 2 rings (SSSR count). The molecule has 1 aliphatic carbocycles. The van der Waals surface area contributed by atoms with Gasteiger partial charge in [-0.05, 0) is 49.1 Å². The molecule has 0 amide bonds. The van der Waals surface area contributed by atoms with Crippen LogP contribution in [0.3, 0.4) is 0 Å². The molecule has 0 saturated heterocycles. The summed E-state index contributed by atoms with van der Waals surface area (Å²) in [6.07, 6.45) is 5.89. The van der Waals surface area contributed by atoms with Gasteiger partial charge in [0.15, 0.2) is 0 Å². The van der Waals surface area contributed by atoms with Crippen LogP contribution in [0.15, 0.2) is 24.3 Å². The lowest BCUT2D eigenvalue weighted by Crippen LogP contribution is -2.21. The van der Waals surface area contributed by atoms with Crippen LogP contribution in [0.2, 0.25) is 0 Å². The van der Waals surface area contributed by atoms with Crippen molar-refractivity contribution in [2.24, 2.45) is 11.7 Å². The van der Waals surface area contributed by atoms with Crippen molar-refractivity contribution >= 4 is 0 Å². The fourth-order valence-corrected chi connectivity index (χ4v) is 3.09. The number of nitrogens with two attached hydrogens (primary N) is 1. The predicted molar refractivity (Wildman–Crippen MR) is 81.7 cm³/mol. The van der Waals surface area contributed by atoms with Crippen molar-refractivity contribution in [1.29, 1.82) is 0 Å². The maximum Gasteiger partial charge on any atom is 0.0700 e. The van der Waals surface area contributed by atoms with Crippen molar-refractivity contribution in [3.05, 3.63) is 35.4 Å². The minimum absolute atomic E-state index is 0.188. The van der Waals surface area contributed by atoms with E-state index in [-0.39, 0.29) is 6.04 Å².